The van der Waals surface area contributed by atoms with E-state index >= 15 is 0 Å². The predicted octanol–water partition coefficient (Wildman–Crippen LogP) is 5.60. The van der Waals surface area contributed by atoms with Crippen LogP contribution >= 0.6 is 10.5 Å². The number of rotatable bonds is 1. The molecule has 3 aromatic rings. The Kier molecular flexibility index (Phi) is 3.19. The first-order chi connectivity index (χ1) is 10.0. The monoisotopic (exact) mass is 304 g/mol. The number of alkyl halides is 3. The summed E-state index contributed by atoms with van der Waals surface area (Å²) >= 11 is 0. The van der Waals surface area contributed by atoms with Gasteiger partial charge in [-0.15, -0.1) is 13.2 Å². The summed E-state index contributed by atoms with van der Waals surface area (Å²) in [5.41, 5.74) is -3.53. The van der Waals surface area contributed by atoms with E-state index in [9.17, 15) is 13.2 Å². The number of hydrogen-bond donors (Lipinski definition) is 0. The minimum atomic E-state index is -4.33. The summed E-state index contributed by atoms with van der Waals surface area (Å²) in [6, 6.07) is 16.4. The molecular formula is C16H9F3NS+. The average molecular weight is 304 g/mol. The second-order valence-electron chi connectivity index (χ2n) is 4.49. The Balaban J connectivity index is 2.34. The maximum atomic E-state index is 13.5. The highest BCUT2D eigenvalue weighted by Crippen LogP contribution is 2.54. The highest BCUT2D eigenvalue weighted by atomic mass is 32.2. The van der Waals surface area contributed by atoms with Gasteiger partial charge in [-0.05, 0) is 30.3 Å². The number of hydrogen-bond acceptors (Lipinski definition) is 1. The third-order valence-corrected chi connectivity index (χ3v) is 5.22. The van der Waals surface area contributed by atoms with Crippen molar-refractivity contribution in [1.29, 1.82) is 5.26 Å². The predicted molar refractivity (Wildman–Crippen MR) is 77.9 cm³/mol. The largest absolute Gasteiger partial charge is 0.601 e. The fraction of sp³-hybridized carbons (Fsp3) is 0.0625. The molecular weight excluding hydrogens is 295 g/mol. The molecule has 1 nitrogen and oxygen atoms in total. The van der Waals surface area contributed by atoms with Crippen LogP contribution in [0.15, 0.2) is 54.6 Å². The molecule has 0 saturated carbocycles. The van der Waals surface area contributed by atoms with Crippen molar-refractivity contribution < 1.29 is 13.2 Å². The normalized spacial score (nSPS) is 12.4. The fourth-order valence-electron chi connectivity index (χ4n) is 2.30. The highest BCUT2D eigenvalue weighted by Gasteiger charge is 2.48. The molecule has 1 unspecified atom stereocenters. The fourth-order valence-corrected chi connectivity index (χ4v) is 4.22. The van der Waals surface area contributed by atoms with E-state index in [4.69, 9.17) is 5.26 Å². The zero-order chi connectivity index (χ0) is 15.0. The number of nitrogens with zero attached hydrogens (tertiary/aromatic N) is 1. The van der Waals surface area contributed by atoms with Gasteiger partial charge in [-0.1, -0.05) is 18.2 Å². The van der Waals surface area contributed by atoms with E-state index in [1.165, 1.54) is 12.1 Å². The van der Waals surface area contributed by atoms with Crippen LogP contribution < -0.4 is 0 Å². The van der Waals surface area contributed by atoms with E-state index in [0.29, 0.717) is 21.2 Å². The van der Waals surface area contributed by atoms with Crippen molar-refractivity contribution in [3.63, 3.8) is 0 Å². The first kappa shape index (κ1) is 13.7. The molecule has 1 heterocycles. The number of benzene rings is 2. The average Bonchev–Trinajstić information content (AvgIpc) is 2.86. The van der Waals surface area contributed by atoms with Crippen molar-refractivity contribution in [2.75, 3.05) is 0 Å². The third kappa shape index (κ3) is 2.39. The zero-order valence-electron chi connectivity index (χ0n) is 10.7. The second-order valence-corrected chi connectivity index (χ2v) is 6.45. The Bertz CT molecular complexity index is 856. The Hall–Kier alpha value is -2.32. The number of thiophene rings is 1. The van der Waals surface area contributed by atoms with Crippen LogP contribution in [0.4, 0.5) is 13.2 Å². The maximum absolute atomic E-state index is 13.5. The van der Waals surface area contributed by atoms with Crippen LogP contribution in [-0.4, -0.2) is 0 Å². The molecule has 0 saturated heterocycles. The molecule has 104 valence electrons. The summed E-state index contributed by atoms with van der Waals surface area (Å²) in [6.45, 7) is 0. The van der Waals surface area contributed by atoms with Crippen LogP contribution in [0.2, 0.25) is 0 Å². The molecule has 1 aromatic heterocycles. The Morgan fingerprint density at radius 2 is 1.71 bits per heavy atom. The van der Waals surface area contributed by atoms with Gasteiger partial charge in [-0.25, -0.2) is 0 Å². The molecule has 3 rings (SSSR count). The van der Waals surface area contributed by atoms with E-state index in [2.05, 4.69) is 0 Å². The van der Waals surface area contributed by atoms with Crippen LogP contribution in [-0.2, 0) is 5.51 Å². The van der Waals surface area contributed by atoms with Gasteiger partial charge >= 0.3 is 5.51 Å². The quantitative estimate of drug-likeness (QED) is 0.536. The lowest BCUT2D eigenvalue weighted by molar-refractivity contribution is -0.0864. The van der Waals surface area contributed by atoms with Crippen molar-refractivity contribution in [2.24, 2.45) is 0 Å². The third-order valence-electron chi connectivity index (χ3n) is 3.15. The van der Waals surface area contributed by atoms with Gasteiger partial charge < -0.3 is 0 Å². The van der Waals surface area contributed by atoms with Crippen LogP contribution in [0.5, 0.6) is 0 Å². The molecule has 0 aliphatic rings. The molecule has 0 N–H and O–H groups in total. The standard InChI is InChI=1S/C16H9F3NS/c17-16(18,19)21-14-7-2-1-5-13(14)9-15(21)12-6-3-4-11(8-12)10-20/h1-9H/q+1. The minimum absolute atomic E-state index is 0.223. The van der Waals surface area contributed by atoms with E-state index < -0.39 is 16.0 Å². The van der Waals surface area contributed by atoms with Gasteiger partial charge in [-0.2, -0.15) is 5.26 Å². The SMILES string of the molecule is N#Cc1cccc(-c2cc3ccccc3[s+]2C(F)(F)F)c1. The van der Waals surface area contributed by atoms with Gasteiger partial charge in [0, 0.05) is 17.0 Å². The number of halogens is 3. The molecule has 2 aromatic carbocycles. The van der Waals surface area contributed by atoms with Crippen molar-refractivity contribution >= 4 is 20.6 Å². The smallest absolute Gasteiger partial charge is 0.192 e. The van der Waals surface area contributed by atoms with Gasteiger partial charge in [0.05, 0.1) is 11.6 Å². The summed E-state index contributed by atoms with van der Waals surface area (Å²) in [7, 11) is -1.97. The summed E-state index contributed by atoms with van der Waals surface area (Å²) in [5, 5.41) is 9.51. The summed E-state index contributed by atoms with van der Waals surface area (Å²) in [5.74, 6) is 0. The molecule has 0 fully saturated rings. The van der Waals surface area contributed by atoms with Crippen LogP contribution in [0.1, 0.15) is 5.56 Å². The van der Waals surface area contributed by atoms with Crippen LogP contribution in [0.3, 0.4) is 0 Å². The van der Waals surface area contributed by atoms with E-state index in [1.807, 2.05) is 6.07 Å². The first-order valence-corrected chi connectivity index (χ1v) is 7.35. The lowest BCUT2D eigenvalue weighted by Crippen LogP contribution is -1.96. The summed E-state index contributed by atoms with van der Waals surface area (Å²) in [4.78, 5) is 0.223. The van der Waals surface area contributed by atoms with Crippen LogP contribution in [0, 0.1) is 11.3 Å². The lowest BCUT2D eigenvalue weighted by atomic mass is 10.1. The zero-order valence-corrected chi connectivity index (χ0v) is 11.5. The van der Waals surface area contributed by atoms with Gasteiger partial charge in [0.1, 0.15) is 10.5 Å². The van der Waals surface area contributed by atoms with E-state index in [-0.39, 0.29) is 4.88 Å². The van der Waals surface area contributed by atoms with Crippen LogP contribution in [0.25, 0.3) is 20.5 Å². The number of fused-ring (bicyclic) bond motifs is 1. The summed E-state index contributed by atoms with van der Waals surface area (Å²) < 4.78 is 40.7. The van der Waals surface area contributed by atoms with E-state index in [0.717, 1.165) is 0 Å². The van der Waals surface area contributed by atoms with Gasteiger partial charge in [0.2, 0.25) is 0 Å². The highest BCUT2D eigenvalue weighted by molar-refractivity contribution is 7.41. The van der Waals surface area contributed by atoms with Crippen molar-refractivity contribution in [3.05, 3.63) is 60.2 Å². The Labute approximate surface area is 121 Å². The van der Waals surface area contributed by atoms with Crippen molar-refractivity contribution in [3.8, 4) is 16.5 Å². The molecule has 0 amide bonds. The molecule has 0 aliphatic carbocycles. The molecule has 21 heavy (non-hydrogen) atoms. The minimum Gasteiger partial charge on any atom is -0.192 e. The van der Waals surface area contributed by atoms with Crippen molar-refractivity contribution in [1.82, 2.24) is 0 Å². The first-order valence-electron chi connectivity index (χ1n) is 6.13. The molecule has 0 radical (unpaired) electrons. The Morgan fingerprint density at radius 3 is 2.43 bits per heavy atom. The topological polar surface area (TPSA) is 23.8 Å². The second kappa shape index (κ2) is 4.90. The molecule has 0 spiro atoms. The molecule has 0 bridgehead atoms. The molecule has 0 aliphatic heterocycles. The van der Waals surface area contributed by atoms with Gasteiger partial charge in [-0.3, -0.25) is 0 Å². The number of nitriles is 1. The van der Waals surface area contributed by atoms with Gasteiger partial charge in [0.25, 0.3) is 0 Å². The Morgan fingerprint density at radius 1 is 0.952 bits per heavy atom. The lowest BCUT2D eigenvalue weighted by Gasteiger charge is -2.01. The van der Waals surface area contributed by atoms with Crippen molar-refractivity contribution in [2.45, 2.75) is 5.51 Å². The summed E-state index contributed by atoms with van der Waals surface area (Å²) in [6.07, 6.45) is 0. The molecule has 1 atom stereocenters. The molecule has 5 heteroatoms. The van der Waals surface area contributed by atoms with E-state index in [1.54, 1.807) is 42.5 Å². The van der Waals surface area contributed by atoms with Gasteiger partial charge in [0.15, 0.2) is 9.58 Å². The maximum Gasteiger partial charge on any atom is 0.601 e.